The van der Waals surface area contributed by atoms with Gasteiger partial charge in [0.1, 0.15) is 95.3 Å². The van der Waals surface area contributed by atoms with E-state index < -0.39 is 36.0 Å². The van der Waals surface area contributed by atoms with Gasteiger partial charge in [0, 0.05) is 85.7 Å². The van der Waals surface area contributed by atoms with Crippen LogP contribution in [0.2, 0.25) is 20.1 Å². The molecule has 0 bridgehead atoms. The standard InChI is InChI=1S/C23H27ClFNO5.C22H26ClFN2O4.C12H16FNO.C11H11ClO4.C8H7ClO3.C3H5ClO.H3N/c1-29-23(28)21-12-17(24)5-8-22(21)31-15-19(27)13-26-9-2-10-30-20(14-26)11-16-3-6-18(25)7-4-16;23-16-4-7-21(20(11-16)22(25)28)30-14-18(27)12-26-8-1-9-29-19(13-26)10-15-2-5-17(24)6-3-15;13-11-4-2-10(3-5-11)8-12-9-14-6-1-7-15-12;1-14-11(13)9-4-7(12)2-3-10(9)16-6-8-5-15-8;1-12-8(11)6-4-5(9)2-3-7(6)10;4-1-3-2-5-3;/h3-8,12,19-20,27H,2,9-11,13-15H2,1H3;2-7,11,18-19,27H,1,8-10,12-14H2,(H2,25,28);2-5,12,14H,1,6-9H2;2-4,8H,5-6H2,1H3;2-4,10H,1H3;3H,1-2H2;1H3. The van der Waals surface area contributed by atoms with Gasteiger partial charge in [0.15, 0.2) is 0 Å². The molecule has 5 aliphatic rings. The van der Waals surface area contributed by atoms with E-state index in [1.165, 1.54) is 94.1 Å². The largest absolute Gasteiger partial charge is 0.507 e. The summed E-state index contributed by atoms with van der Waals surface area (Å²) in [6.07, 6.45) is 4.16. The number of hydrogen-bond acceptors (Lipinski definition) is 22. The van der Waals surface area contributed by atoms with Gasteiger partial charge in [-0.05, 0) is 171 Å². The molecule has 5 heterocycles. The third kappa shape index (κ3) is 34.2. The molecule has 0 saturated carbocycles. The molecule has 600 valence electrons. The molecule has 7 unspecified atom stereocenters. The van der Waals surface area contributed by atoms with Gasteiger partial charge in [-0.2, -0.15) is 0 Å². The van der Waals surface area contributed by atoms with Gasteiger partial charge in [0.25, 0.3) is 5.91 Å². The van der Waals surface area contributed by atoms with Crippen molar-refractivity contribution < 1.29 is 99.8 Å². The number of epoxide rings is 2. The van der Waals surface area contributed by atoms with Crippen molar-refractivity contribution in [2.75, 3.05) is 132 Å². The van der Waals surface area contributed by atoms with Gasteiger partial charge in [-0.15, -0.1) is 11.6 Å². The lowest BCUT2D eigenvalue weighted by molar-refractivity contribution is 0.0356. The highest BCUT2D eigenvalue weighted by atomic mass is 35.5. The monoisotopic (exact) mass is 1630 g/mol. The average Bonchev–Trinajstić information content (AvgIpc) is 1.60. The first-order valence-electron chi connectivity index (χ1n) is 35.2. The second kappa shape index (κ2) is 49.0. The second-order valence-corrected chi connectivity index (χ2v) is 27.5. The smallest absolute Gasteiger partial charge is 0.341 e. The van der Waals surface area contributed by atoms with Crippen LogP contribution >= 0.6 is 58.0 Å². The summed E-state index contributed by atoms with van der Waals surface area (Å²) in [5, 5.41) is 35.1. The van der Waals surface area contributed by atoms with Crippen LogP contribution in [0.4, 0.5) is 13.2 Å². The molecule has 110 heavy (non-hydrogen) atoms. The number of methoxy groups -OCH3 is 3. The number of hydrogen-bond donors (Lipinski definition) is 6. The molecule has 7 aromatic rings. The van der Waals surface area contributed by atoms with E-state index in [2.05, 4.69) is 24.6 Å². The molecule has 5 fully saturated rings. The summed E-state index contributed by atoms with van der Waals surface area (Å²) in [6, 6.07) is 37.8. The zero-order chi connectivity index (χ0) is 78.6. The number of amides is 1. The summed E-state index contributed by atoms with van der Waals surface area (Å²) < 4.78 is 96.8. The van der Waals surface area contributed by atoms with E-state index in [1.54, 1.807) is 60.7 Å². The molecular formula is C79H95Cl5F3N5O18. The SMILES string of the molecule is COC(=O)c1cc(Cl)ccc1O.COC(=O)c1cc(Cl)ccc1OCC(O)CN1CCCOC(Cc2ccc(F)cc2)C1.COC(=O)c1cc(Cl)ccc1OCC1CO1.ClCC1CO1.Fc1ccc(CC2CNCCCO2)cc1.N.NC(=O)c1cc(Cl)ccc1OCC(O)CN1CCCOC(Cc2ccc(F)cc2)C1. The molecule has 7 atom stereocenters. The second-order valence-electron chi connectivity index (χ2n) is 25.5. The predicted octanol–water partition coefficient (Wildman–Crippen LogP) is 12.3. The highest BCUT2D eigenvalue weighted by Crippen LogP contribution is 2.28. The highest BCUT2D eigenvalue weighted by Gasteiger charge is 2.27. The number of nitrogens with zero attached hydrogens (tertiary/aromatic N) is 2. The van der Waals surface area contributed by atoms with Crippen molar-refractivity contribution in [2.45, 2.75) is 81.3 Å². The molecule has 0 spiro atoms. The molecule has 0 aromatic heterocycles. The number of phenols is 1. The molecule has 7 aromatic carbocycles. The lowest BCUT2D eigenvalue weighted by Gasteiger charge is -2.26. The van der Waals surface area contributed by atoms with Gasteiger partial charge < -0.3 is 84.6 Å². The van der Waals surface area contributed by atoms with Crippen molar-refractivity contribution in [3.05, 3.63) is 222 Å². The Kier molecular flexibility index (Phi) is 40.7. The van der Waals surface area contributed by atoms with Crippen LogP contribution in [0.3, 0.4) is 0 Å². The number of halogens is 8. The number of ether oxygens (including phenoxy) is 11. The van der Waals surface area contributed by atoms with E-state index in [4.69, 9.17) is 106 Å². The normalized spacial score (nSPS) is 18.5. The minimum Gasteiger partial charge on any atom is -0.507 e. The first-order chi connectivity index (χ1) is 52.5. The summed E-state index contributed by atoms with van der Waals surface area (Å²) in [4.78, 5) is 50.1. The van der Waals surface area contributed by atoms with Crippen molar-refractivity contribution in [1.82, 2.24) is 21.3 Å². The topological polar surface area (TPSA) is 317 Å². The Morgan fingerprint density at radius 2 is 0.864 bits per heavy atom. The lowest BCUT2D eigenvalue weighted by Crippen LogP contribution is -2.40. The van der Waals surface area contributed by atoms with E-state index in [0.29, 0.717) is 120 Å². The number of β-amino-alcohol motifs (C(OH)–C–C–N with tert-alkyl or cyclic N) is 2. The Hall–Kier alpha value is -7.58. The first kappa shape index (κ1) is 91.3. The molecule has 0 radical (unpaired) electrons. The summed E-state index contributed by atoms with van der Waals surface area (Å²) in [5.41, 5.74) is 9.30. The summed E-state index contributed by atoms with van der Waals surface area (Å²) in [5.74, 6) is -1.36. The lowest BCUT2D eigenvalue weighted by atomic mass is 10.1. The molecule has 5 saturated heterocycles. The fourth-order valence-electron chi connectivity index (χ4n) is 11.0. The maximum atomic E-state index is 13.1. The van der Waals surface area contributed by atoms with Crippen molar-refractivity contribution in [3.63, 3.8) is 0 Å². The zero-order valence-electron chi connectivity index (χ0n) is 61.3. The van der Waals surface area contributed by atoms with E-state index >= 15 is 0 Å². The molecular weight excluding hydrogens is 1540 g/mol. The Balaban J connectivity index is 0.000000220. The number of aliphatic hydroxyl groups is 2. The minimum atomic E-state index is -0.759. The summed E-state index contributed by atoms with van der Waals surface area (Å²) in [7, 11) is 3.84. The Bertz CT molecular complexity index is 3930. The van der Waals surface area contributed by atoms with Gasteiger partial charge in [-0.3, -0.25) is 14.6 Å². The van der Waals surface area contributed by atoms with Crippen molar-refractivity contribution in [1.29, 1.82) is 0 Å². The minimum absolute atomic E-state index is 0. The number of carbonyl (C=O) groups excluding carboxylic acids is 4. The molecule has 31 heteroatoms. The number of carbonyl (C=O) groups is 4. The molecule has 5 aliphatic heterocycles. The number of nitrogens with two attached hydrogens (primary N) is 1. The number of alkyl halides is 1. The first-order valence-corrected chi connectivity index (χ1v) is 37.2. The van der Waals surface area contributed by atoms with Gasteiger partial charge in [-0.1, -0.05) is 82.8 Å². The van der Waals surface area contributed by atoms with Crippen molar-refractivity contribution in [2.24, 2.45) is 5.73 Å². The zero-order valence-corrected chi connectivity index (χ0v) is 65.1. The van der Waals surface area contributed by atoms with E-state index in [1.807, 2.05) is 12.1 Å². The van der Waals surface area contributed by atoms with Crippen molar-refractivity contribution in [3.8, 4) is 23.0 Å². The van der Waals surface area contributed by atoms with Crippen LogP contribution in [0.25, 0.3) is 0 Å². The number of nitrogens with one attached hydrogen (secondary N) is 1. The van der Waals surface area contributed by atoms with Gasteiger partial charge >= 0.3 is 17.9 Å². The van der Waals surface area contributed by atoms with E-state index in [0.717, 1.165) is 81.8 Å². The molecule has 1 amide bonds. The number of primary amides is 1. The van der Waals surface area contributed by atoms with Crippen LogP contribution in [-0.2, 0) is 57.2 Å². The number of aliphatic hydroxyl groups excluding tert-OH is 2. The summed E-state index contributed by atoms with van der Waals surface area (Å²) >= 11 is 28.5. The van der Waals surface area contributed by atoms with Gasteiger partial charge in [0.2, 0.25) is 0 Å². The fourth-order valence-corrected chi connectivity index (χ4v) is 11.9. The highest BCUT2D eigenvalue weighted by molar-refractivity contribution is 6.32. The number of phenolic OH excluding ortho intramolecular Hbond substituents is 1. The Morgan fingerprint density at radius 3 is 1.26 bits per heavy atom. The van der Waals surface area contributed by atoms with Crippen LogP contribution in [0.1, 0.15) is 77.4 Å². The predicted molar refractivity (Wildman–Crippen MR) is 413 cm³/mol. The number of benzene rings is 7. The number of aromatic hydroxyl groups is 1. The van der Waals surface area contributed by atoms with Crippen LogP contribution < -0.4 is 31.4 Å². The van der Waals surface area contributed by atoms with Crippen LogP contribution in [-0.4, -0.2) is 224 Å². The average molecular weight is 1640 g/mol. The maximum absolute atomic E-state index is 13.1. The fraction of sp³-hybridized carbons (Fsp3) is 0.418. The third-order valence-electron chi connectivity index (χ3n) is 16.7. The molecule has 12 rings (SSSR count). The summed E-state index contributed by atoms with van der Waals surface area (Å²) in [6.45, 7) is 9.79. The van der Waals surface area contributed by atoms with E-state index in [-0.39, 0.29) is 83.7 Å². The number of esters is 3. The molecule has 9 N–H and O–H groups in total. The number of rotatable bonds is 24. The molecule has 0 aliphatic carbocycles. The van der Waals surface area contributed by atoms with Crippen LogP contribution in [0.15, 0.2) is 146 Å². The Morgan fingerprint density at radius 1 is 0.500 bits per heavy atom. The third-order valence-corrected chi connectivity index (χ3v) is 18.0. The van der Waals surface area contributed by atoms with E-state index in [9.17, 15) is 47.7 Å². The van der Waals surface area contributed by atoms with Crippen molar-refractivity contribution >= 4 is 81.8 Å². The molecule has 23 nitrogen and oxygen atoms in total. The quantitative estimate of drug-likeness (QED) is 0.0142. The van der Waals surface area contributed by atoms with Crippen LogP contribution in [0, 0.1) is 17.5 Å². The van der Waals surface area contributed by atoms with Gasteiger partial charge in [0.05, 0.1) is 70.4 Å². The Labute approximate surface area is 663 Å². The maximum Gasteiger partial charge on any atom is 0.341 e. The van der Waals surface area contributed by atoms with Crippen LogP contribution in [0.5, 0.6) is 23.0 Å². The van der Waals surface area contributed by atoms with Gasteiger partial charge in [-0.25, -0.2) is 27.6 Å².